The highest BCUT2D eigenvalue weighted by atomic mass is 79.9. The quantitative estimate of drug-likeness (QED) is 0.382. The number of hydrogen-bond acceptors (Lipinski definition) is 5. The molecule has 1 fully saturated rings. The van der Waals surface area contributed by atoms with Crippen LogP contribution in [0.2, 0.25) is 0 Å². The molecule has 1 amide bonds. The summed E-state index contributed by atoms with van der Waals surface area (Å²) in [6, 6.07) is 13.8. The third-order valence-electron chi connectivity index (χ3n) is 4.42. The Morgan fingerprint density at radius 2 is 2.00 bits per heavy atom. The number of ether oxygens (including phenoxy) is 1. The number of amides is 1. The van der Waals surface area contributed by atoms with E-state index in [0.717, 1.165) is 15.6 Å². The van der Waals surface area contributed by atoms with Crippen LogP contribution in [0.15, 0.2) is 51.8 Å². The van der Waals surface area contributed by atoms with Crippen LogP contribution in [0.5, 0.6) is 5.75 Å². The molecule has 2 aromatic carbocycles. The highest BCUT2D eigenvalue weighted by Gasteiger charge is 2.31. The molecule has 0 atom stereocenters. The second-order valence-electron chi connectivity index (χ2n) is 6.79. The van der Waals surface area contributed by atoms with E-state index in [1.165, 1.54) is 22.2 Å². The van der Waals surface area contributed by atoms with Crippen LogP contribution < -0.4 is 4.74 Å². The van der Waals surface area contributed by atoms with Crippen molar-refractivity contribution in [2.75, 3.05) is 6.54 Å². The summed E-state index contributed by atoms with van der Waals surface area (Å²) in [5.74, 6) is -0.435. The molecule has 0 saturated carbocycles. The molecule has 1 aliphatic rings. The molecule has 8 heteroatoms. The van der Waals surface area contributed by atoms with Gasteiger partial charge in [0.05, 0.1) is 4.91 Å². The first kappa shape index (κ1) is 22.5. The highest BCUT2D eigenvalue weighted by molar-refractivity contribution is 9.10. The summed E-state index contributed by atoms with van der Waals surface area (Å²) in [4.78, 5) is 25.4. The van der Waals surface area contributed by atoms with E-state index in [1.807, 2.05) is 49.4 Å². The Bertz CT molecular complexity index is 1000. The van der Waals surface area contributed by atoms with Gasteiger partial charge in [-0.3, -0.25) is 14.5 Å². The molecule has 156 valence electrons. The average Bonchev–Trinajstić information content (AvgIpc) is 2.96. The Balaban J connectivity index is 1.76. The number of carboxylic acids is 1. The van der Waals surface area contributed by atoms with Crippen molar-refractivity contribution >= 4 is 62.2 Å². The molecule has 0 unspecified atom stereocenters. The van der Waals surface area contributed by atoms with Gasteiger partial charge in [0.25, 0.3) is 5.91 Å². The number of carbonyl (C=O) groups excluding carboxylic acids is 1. The topological polar surface area (TPSA) is 66.8 Å². The van der Waals surface area contributed by atoms with Gasteiger partial charge in [0, 0.05) is 23.0 Å². The van der Waals surface area contributed by atoms with Crippen LogP contribution in [0.1, 0.15) is 29.5 Å². The van der Waals surface area contributed by atoms with Gasteiger partial charge in [-0.15, -0.1) is 0 Å². The van der Waals surface area contributed by atoms with E-state index in [0.29, 0.717) is 34.5 Å². The predicted molar refractivity (Wildman–Crippen MR) is 126 cm³/mol. The first-order valence-corrected chi connectivity index (χ1v) is 11.3. The van der Waals surface area contributed by atoms with Crippen LogP contribution >= 0.6 is 39.9 Å². The number of carbonyl (C=O) groups is 2. The second-order valence-corrected chi connectivity index (χ2v) is 9.38. The highest BCUT2D eigenvalue weighted by Crippen LogP contribution is 2.35. The molecular formula is C22H20BrNO4S2. The summed E-state index contributed by atoms with van der Waals surface area (Å²) in [5, 5.41) is 8.80. The number of aliphatic carboxylic acids is 1. The molecule has 0 aromatic heterocycles. The molecule has 5 nitrogen and oxygen atoms in total. The third-order valence-corrected chi connectivity index (χ3v) is 6.29. The summed E-state index contributed by atoms with van der Waals surface area (Å²) >= 11 is 10.00. The number of benzene rings is 2. The zero-order valence-electron chi connectivity index (χ0n) is 16.3. The monoisotopic (exact) mass is 505 g/mol. The number of nitrogens with zero attached hydrogens (tertiary/aromatic N) is 1. The fraction of sp³-hybridized carbons (Fsp3) is 0.227. The Morgan fingerprint density at radius 1 is 1.27 bits per heavy atom. The molecule has 30 heavy (non-hydrogen) atoms. The van der Waals surface area contributed by atoms with E-state index in [4.69, 9.17) is 22.1 Å². The minimum Gasteiger partial charge on any atom is -0.488 e. The van der Waals surface area contributed by atoms with Crippen LogP contribution in [0.3, 0.4) is 0 Å². The molecular weight excluding hydrogens is 486 g/mol. The number of thiocarbonyl (C=S) groups is 1. The van der Waals surface area contributed by atoms with Gasteiger partial charge < -0.3 is 9.84 Å². The lowest BCUT2D eigenvalue weighted by molar-refractivity contribution is -0.137. The summed E-state index contributed by atoms with van der Waals surface area (Å²) in [5.41, 5.74) is 3.01. The maximum atomic E-state index is 12.8. The molecule has 0 radical (unpaired) electrons. The molecule has 1 N–H and O–H groups in total. The lowest BCUT2D eigenvalue weighted by Gasteiger charge is -2.13. The van der Waals surface area contributed by atoms with Gasteiger partial charge in [-0.05, 0) is 43.2 Å². The number of carboxylic acid groups (broad SMARTS) is 1. The largest absolute Gasteiger partial charge is 0.488 e. The van der Waals surface area contributed by atoms with Crippen molar-refractivity contribution in [2.24, 2.45) is 0 Å². The van der Waals surface area contributed by atoms with E-state index >= 15 is 0 Å². The first-order chi connectivity index (χ1) is 14.3. The zero-order valence-corrected chi connectivity index (χ0v) is 19.5. The average molecular weight is 506 g/mol. The Labute approximate surface area is 193 Å². The van der Waals surface area contributed by atoms with E-state index in [9.17, 15) is 9.59 Å². The number of thioether (sulfide) groups is 1. The Morgan fingerprint density at radius 3 is 2.70 bits per heavy atom. The molecule has 1 heterocycles. The number of rotatable bonds is 8. The van der Waals surface area contributed by atoms with Crippen molar-refractivity contribution in [2.45, 2.75) is 26.4 Å². The fourth-order valence-corrected chi connectivity index (χ4v) is 4.51. The molecule has 2 aromatic rings. The minimum atomic E-state index is -0.888. The normalized spacial score (nSPS) is 15.1. The summed E-state index contributed by atoms with van der Waals surface area (Å²) in [6.45, 7) is 2.75. The number of halogens is 1. The Hall–Kier alpha value is -2.16. The van der Waals surface area contributed by atoms with Crippen molar-refractivity contribution in [3.63, 3.8) is 0 Å². The van der Waals surface area contributed by atoms with Gasteiger partial charge in [-0.1, -0.05) is 69.7 Å². The fourth-order valence-electron chi connectivity index (χ4n) is 2.83. The number of hydrogen-bond donors (Lipinski definition) is 1. The van der Waals surface area contributed by atoms with Gasteiger partial charge in [0.15, 0.2) is 0 Å². The van der Waals surface area contributed by atoms with Crippen LogP contribution in [-0.4, -0.2) is 32.7 Å². The zero-order chi connectivity index (χ0) is 21.7. The number of aryl methyl sites for hydroxylation is 1. The van der Waals surface area contributed by atoms with E-state index in [2.05, 4.69) is 15.9 Å². The Kier molecular flexibility index (Phi) is 7.69. The summed E-state index contributed by atoms with van der Waals surface area (Å²) in [7, 11) is 0. The van der Waals surface area contributed by atoms with Crippen LogP contribution in [0.4, 0.5) is 0 Å². The van der Waals surface area contributed by atoms with E-state index in [1.54, 1.807) is 6.08 Å². The van der Waals surface area contributed by atoms with Crippen LogP contribution in [0, 0.1) is 6.92 Å². The second kappa shape index (κ2) is 10.2. The van der Waals surface area contributed by atoms with Gasteiger partial charge >= 0.3 is 5.97 Å². The van der Waals surface area contributed by atoms with Crippen molar-refractivity contribution < 1.29 is 19.4 Å². The standard InChI is InChI=1S/C22H20BrNO4S2/c1-14-4-6-15(7-5-14)13-28-18-9-8-17(23)11-16(18)12-19-21(27)24(22(29)30-19)10-2-3-20(25)26/h4-9,11-12H,2-3,10,13H2,1H3,(H,25,26)/b19-12+. The molecule has 0 bridgehead atoms. The van der Waals surface area contributed by atoms with E-state index < -0.39 is 5.97 Å². The van der Waals surface area contributed by atoms with Gasteiger partial charge in [-0.2, -0.15) is 0 Å². The lowest BCUT2D eigenvalue weighted by atomic mass is 10.1. The summed E-state index contributed by atoms with van der Waals surface area (Å²) < 4.78 is 7.32. The third kappa shape index (κ3) is 5.93. The van der Waals surface area contributed by atoms with Gasteiger partial charge in [-0.25, -0.2) is 0 Å². The van der Waals surface area contributed by atoms with Gasteiger partial charge in [0.2, 0.25) is 0 Å². The van der Waals surface area contributed by atoms with Crippen LogP contribution in [-0.2, 0) is 16.2 Å². The first-order valence-electron chi connectivity index (χ1n) is 9.28. The van der Waals surface area contributed by atoms with Crippen molar-refractivity contribution in [3.8, 4) is 5.75 Å². The molecule has 1 saturated heterocycles. The van der Waals surface area contributed by atoms with E-state index in [-0.39, 0.29) is 12.3 Å². The smallest absolute Gasteiger partial charge is 0.303 e. The maximum absolute atomic E-state index is 12.8. The molecule has 3 rings (SSSR count). The lowest BCUT2D eigenvalue weighted by Crippen LogP contribution is -2.29. The molecule has 1 aliphatic heterocycles. The molecule has 0 spiro atoms. The maximum Gasteiger partial charge on any atom is 0.303 e. The van der Waals surface area contributed by atoms with Crippen molar-refractivity contribution in [1.29, 1.82) is 0 Å². The minimum absolute atomic E-state index is 0.00125. The molecule has 0 aliphatic carbocycles. The van der Waals surface area contributed by atoms with Crippen molar-refractivity contribution in [1.82, 2.24) is 4.90 Å². The SMILES string of the molecule is Cc1ccc(COc2ccc(Br)cc2/C=C2/SC(=S)N(CCCC(=O)O)C2=O)cc1. The van der Waals surface area contributed by atoms with Gasteiger partial charge in [0.1, 0.15) is 16.7 Å². The predicted octanol–water partition coefficient (Wildman–Crippen LogP) is 5.40. The summed E-state index contributed by atoms with van der Waals surface area (Å²) in [6.07, 6.45) is 2.13. The van der Waals surface area contributed by atoms with Crippen molar-refractivity contribution in [3.05, 3.63) is 68.5 Å². The van der Waals surface area contributed by atoms with Crippen LogP contribution in [0.25, 0.3) is 6.08 Å².